The smallest absolute Gasteiger partial charge is 0.267 e. The quantitative estimate of drug-likeness (QED) is 0.663. The van der Waals surface area contributed by atoms with Crippen molar-refractivity contribution < 1.29 is 18.5 Å². The Morgan fingerprint density at radius 1 is 1.29 bits per heavy atom. The standard InChI is InChI=1S/C21H20FN3O3/c1-12-18(19(24-28-12)14-5-7-16(22)8-6-14)20(26)15-9-17(25(2)11-15)21(27)23-10-13-3-4-13/h5-9,11,13H,3-4,10H2,1-2H3,(H,23,27). The van der Waals surface area contributed by atoms with Crippen molar-refractivity contribution in [3.8, 4) is 11.3 Å². The Bertz CT molecular complexity index is 1050. The van der Waals surface area contributed by atoms with Gasteiger partial charge in [0.1, 0.15) is 23.0 Å². The average Bonchev–Trinajstić information content (AvgIpc) is 3.31. The minimum Gasteiger partial charge on any atom is -0.360 e. The highest BCUT2D eigenvalue weighted by Gasteiger charge is 2.26. The third-order valence-electron chi connectivity index (χ3n) is 4.96. The third-order valence-corrected chi connectivity index (χ3v) is 4.96. The number of amides is 1. The van der Waals surface area contributed by atoms with Gasteiger partial charge in [0, 0.05) is 30.9 Å². The summed E-state index contributed by atoms with van der Waals surface area (Å²) in [5.41, 5.74) is 2.03. The molecule has 2 heterocycles. The number of nitrogens with one attached hydrogen (secondary N) is 1. The molecule has 0 aliphatic heterocycles. The van der Waals surface area contributed by atoms with Gasteiger partial charge in [-0.05, 0) is 56.0 Å². The van der Waals surface area contributed by atoms with Gasteiger partial charge in [-0.1, -0.05) is 5.16 Å². The van der Waals surface area contributed by atoms with E-state index in [0.29, 0.717) is 46.3 Å². The molecule has 0 spiro atoms. The van der Waals surface area contributed by atoms with E-state index in [0.717, 1.165) is 12.8 Å². The van der Waals surface area contributed by atoms with Crippen molar-refractivity contribution in [1.82, 2.24) is 15.0 Å². The lowest BCUT2D eigenvalue weighted by molar-refractivity contribution is 0.0943. The van der Waals surface area contributed by atoms with Gasteiger partial charge in [-0.2, -0.15) is 0 Å². The molecule has 0 atom stereocenters. The monoisotopic (exact) mass is 381 g/mol. The van der Waals surface area contributed by atoms with E-state index in [1.165, 1.54) is 12.1 Å². The van der Waals surface area contributed by atoms with Crippen molar-refractivity contribution in [2.75, 3.05) is 6.54 Å². The SMILES string of the molecule is Cc1onc(-c2ccc(F)cc2)c1C(=O)c1cc(C(=O)NCC2CC2)n(C)c1. The summed E-state index contributed by atoms with van der Waals surface area (Å²) in [6.45, 7) is 2.31. The molecular weight excluding hydrogens is 361 g/mol. The molecule has 1 aliphatic rings. The fourth-order valence-electron chi connectivity index (χ4n) is 3.15. The molecule has 0 radical (unpaired) electrons. The maximum absolute atomic E-state index is 13.2. The average molecular weight is 381 g/mol. The topological polar surface area (TPSA) is 77.1 Å². The van der Waals surface area contributed by atoms with Crippen molar-refractivity contribution in [1.29, 1.82) is 0 Å². The van der Waals surface area contributed by atoms with Crippen LogP contribution in [0.15, 0.2) is 41.1 Å². The highest BCUT2D eigenvalue weighted by Crippen LogP contribution is 2.29. The van der Waals surface area contributed by atoms with E-state index in [1.807, 2.05) is 0 Å². The number of aryl methyl sites for hydroxylation is 2. The minimum absolute atomic E-state index is 0.200. The molecule has 0 unspecified atom stereocenters. The number of carbonyl (C=O) groups excluding carboxylic acids is 2. The van der Waals surface area contributed by atoms with Crippen LogP contribution in [-0.4, -0.2) is 28.0 Å². The molecule has 1 N–H and O–H groups in total. The van der Waals surface area contributed by atoms with Gasteiger partial charge in [0.25, 0.3) is 5.91 Å². The van der Waals surface area contributed by atoms with Crippen molar-refractivity contribution >= 4 is 11.7 Å². The number of aromatic nitrogens is 2. The molecular formula is C21H20FN3O3. The summed E-state index contributed by atoms with van der Waals surface area (Å²) in [6, 6.07) is 7.28. The maximum Gasteiger partial charge on any atom is 0.267 e. The number of halogens is 1. The van der Waals surface area contributed by atoms with Gasteiger partial charge >= 0.3 is 0 Å². The lowest BCUT2D eigenvalue weighted by Crippen LogP contribution is -2.27. The molecule has 3 aromatic rings. The molecule has 1 amide bonds. The largest absolute Gasteiger partial charge is 0.360 e. The fourth-order valence-corrected chi connectivity index (χ4v) is 3.15. The number of rotatable bonds is 6. The summed E-state index contributed by atoms with van der Waals surface area (Å²) < 4.78 is 20.1. The second-order valence-electron chi connectivity index (χ2n) is 7.18. The van der Waals surface area contributed by atoms with Gasteiger partial charge in [-0.25, -0.2) is 4.39 Å². The van der Waals surface area contributed by atoms with E-state index in [2.05, 4.69) is 10.5 Å². The van der Waals surface area contributed by atoms with Crippen molar-refractivity contribution in [2.24, 2.45) is 13.0 Å². The zero-order chi connectivity index (χ0) is 19.8. The zero-order valence-electron chi connectivity index (χ0n) is 15.7. The Morgan fingerprint density at radius 2 is 2.00 bits per heavy atom. The highest BCUT2D eigenvalue weighted by molar-refractivity contribution is 6.13. The van der Waals surface area contributed by atoms with E-state index in [9.17, 15) is 14.0 Å². The lowest BCUT2D eigenvalue weighted by Gasteiger charge is -2.04. The van der Waals surface area contributed by atoms with Crippen LogP contribution in [0.25, 0.3) is 11.3 Å². The number of benzene rings is 1. The van der Waals surface area contributed by atoms with Crippen LogP contribution in [0.3, 0.4) is 0 Å². The van der Waals surface area contributed by atoms with Crippen LogP contribution in [0.4, 0.5) is 4.39 Å². The number of ketones is 1. The fraction of sp³-hybridized carbons (Fsp3) is 0.286. The molecule has 28 heavy (non-hydrogen) atoms. The van der Waals surface area contributed by atoms with Crippen LogP contribution in [-0.2, 0) is 7.05 Å². The van der Waals surface area contributed by atoms with E-state index >= 15 is 0 Å². The molecule has 2 aromatic heterocycles. The van der Waals surface area contributed by atoms with Gasteiger partial charge in [-0.15, -0.1) is 0 Å². The Balaban J connectivity index is 1.63. The van der Waals surface area contributed by atoms with Crippen LogP contribution in [0, 0.1) is 18.7 Å². The number of hydrogen-bond donors (Lipinski definition) is 1. The maximum atomic E-state index is 13.2. The van der Waals surface area contributed by atoms with Crippen molar-refractivity contribution in [2.45, 2.75) is 19.8 Å². The van der Waals surface area contributed by atoms with Crippen LogP contribution < -0.4 is 5.32 Å². The van der Waals surface area contributed by atoms with Gasteiger partial charge in [-0.3, -0.25) is 9.59 Å². The van der Waals surface area contributed by atoms with Crippen LogP contribution in [0.1, 0.15) is 45.0 Å². The number of nitrogens with zero attached hydrogens (tertiary/aromatic N) is 2. The summed E-state index contributed by atoms with van der Waals surface area (Å²) in [5, 5.41) is 6.88. The second-order valence-corrected chi connectivity index (χ2v) is 7.18. The first kappa shape index (κ1) is 18.2. The van der Waals surface area contributed by atoms with Crippen molar-refractivity contribution in [3.05, 3.63) is 64.9 Å². The predicted molar refractivity (Wildman–Crippen MR) is 101 cm³/mol. The van der Waals surface area contributed by atoms with E-state index in [1.54, 1.807) is 42.9 Å². The molecule has 1 aromatic carbocycles. The molecule has 0 saturated heterocycles. The normalized spacial score (nSPS) is 13.5. The van der Waals surface area contributed by atoms with Crippen LogP contribution >= 0.6 is 0 Å². The van der Waals surface area contributed by atoms with E-state index in [4.69, 9.17) is 4.52 Å². The molecule has 0 bridgehead atoms. The first-order valence-electron chi connectivity index (χ1n) is 9.15. The van der Waals surface area contributed by atoms with Gasteiger partial charge in [0.2, 0.25) is 0 Å². The van der Waals surface area contributed by atoms with Gasteiger partial charge < -0.3 is 14.4 Å². The second kappa shape index (κ2) is 7.07. The first-order chi connectivity index (χ1) is 13.4. The van der Waals surface area contributed by atoms with Crippen LogP contribution in [0.2, 0.25) is 0 Å². The number of hydrogen-bond acceptors (Lipinski definition) is 4. The Labute approximate surface area is 161 Å². The van der Waals surface area contributed by atoms with Gasteiger partial charge in [0.05, 0.1) is 5.56 Å². The molecule has 1 fully saturated rings. The zero-order valence-corrected chi connectivity index (χ0v) is 15.7. The summed E-state index contributed by atoms with van der Waals surface area (Å²) >= 11 is 0. The summed E-state index contributed by atoms with van der Waals surface area (Å²) in [5.74, 6) is 0.0714. The minimum atomic E-state index is -0.373. The molecule has 1 saturated carbocycles. The number of carbonyl (C=O) groups is 2. The van der Waals surface area contributed by atoms with Crippen molar-refractivity contribution in [3.63, 3.8) is 0 Å². The summed E-state index contributed by atoms with van der Waals surface area (Å²) in [6.07, 6.45) is 3.92. The third kappa shape index (κ3) is 3.47. The highest BCUT2D eigenvalue weighted by atomic mass is 19.1. The Hall–Kier alpha value is -3.22. The van der Waals surface area contributed by atoms with E-state index in [-0.39, 0.29) is 17.5 Å². The van der Waals surface area contributed by atoms with E-state index < -0.39 is 0 Å². The first-order valence-corrected chi connectivity index (χ1v) is 9.15. The lowest BCUT2D eigenvalue weighted by atomic mass is 9.99. The summed E-state index contributed by atoms with van der Waals surface area (Å²) in [4.78, 5) is 25.5. The Kier molecular flexibility index (Phi) is 4.58. The summed E-state index contributed by atoms with van der Waals surface area (Å²) in [7, 11) is 1.73. The van der Waals surface area contributed by atoms with Crippen LogP contribution in [0.5, 0.6) is 0 Å². The molecule has 6 nitrogen and oxygen atoms in total. The molecule has 7 heteroatoms. The van der Waals surface area contributed by atoms with Gasteiger partial charge in [0.15, 0.2) is 5.78 Å². The molecule has 4 rings (SSSR count). The molecule has 144 valence electrons. The predicted octanol–water partition coefficient (Wildman–Crippen LogP) is 3.50. The molecule has 1 aliphatic carbocycles. The Morgan fingerprint density at radius 3 is 2.68 bits per heavy atom.